The summed E-state index contributed by atoms with van der Waals surface area (Å²) in [4.78, 5) is 0. The monoisotopic (exact) mass is 164 g/mol. The van der Waals surface area contributed by atoms with Crippen molar-refractivity contribution in [2.24, 2.45) is 23.7 Å². The van der Waals surface area contributed by atoms with Crippen LogP contribution in [0.3, 0.4) is 0 Å². The van der Waals surface area contributed by atoms with Crippen molar-refractivity contribution >= 4 is 0 Å². The SMILES string of the molecule is C1[C@@H]2[C@@H]3O[C@@H]3[C@@H]1[C@@H]1C[C@@H]3O[C@H]3[C@@H]21. The van der Waals surface area contributed by atoms with Crippen LogP contribution in [-0.4, -0.2) is 24.4 Å². The first kappa shape index (κ1) is 5.61. The standard InChI is InChI=1S/C10H12O2/c1-4-3-2-6-10(11-6)7(3)5(1)9-8(4)12-9/h3-10H,1-2H2/t3-,4-,5-,6-,7+,8+,9-,10+/m0/s1. The summed E-state index contributed by atoms with van der Waals surface area (Å²) in [6, 6.07) is 0. The van der Waals surface area contributed by atoms with Gasteiger partial charge in [-0.2, -0.15) is 0 Å². The fourth-order valence-electron chi connectivity index (χ4n) is 4.58. The molecule has 2 heteroatoms. The smallest absolute Gasteiger partial charge is 0.0876 e. The highest BCUT2D eigenvalue weighted by Crippen LogP contribution is 2.69. The van der Waals surface area contributed by atoms with Gasteiger partial charge in [0.2, 0.25) is 0 Å². The van der Waals surface area contributed by atoms with Gasteiger partial charge >= 0.3 is 0 Å². The third-order valence-electron chi connectivity index (χ3n) is 4.99. The first-order chi connectivity index (χ1) is 5.93. The normalized spacial score (nSPS) is 80.0. The number of hydrogen-bond acceptors (Lipinski definition) is 2. The van der Waals surface area contributed by atoms with Crippen LogP contribution in [0.1, 0.15) is 12.8 Å². The van der Waals surface area contributed by atoms with Gasteiger partial charge in [0, 0.05) is 0 Å². The quantitative estimate of drug-likeness (QED) is 0.495. The Morgan fingerprint density at radius 1 is 0.750 bits per heavy atom. The predicted molar refractivity (Wildman–Crippen MR) is 40.5 cm³/mol. The second kappa shape index (κ2) is 1.38. The van der Waals surface area contributed by atoms with Gasteiger partial charge in [-0.1, -0.05) is 0 Å². The maximum atomic E-state index is 5.69. The fraction of sp³-hybridized carbons (Fsp3) is 1.00. The minimum atomic E-state index is 0.676. The maximum absolute atomic E-state index is 5.69. The minimum Gasteiger partial charge on any atom is -0.369 e. The molecule has 2 nitrogen and oxygen atoms in total. The molecule has 5 fully saturated rings. The second-order valence-electron chi connectivity index (χ2n) is 5.24. The lowest BCUT2D eigenvalue weighted by atomic mass is 9.81. The molecule has 0 unspecified atom stereocenters. The van der Waals surface area contributed by atoms with Crippen LogP contribution >= 0.6 is 0 Å². The molecule has 8 atom stereocenters. The largest absolute Gasteiger partial charge is 0.369 e. The molecule has 3 aliphatic carbocycles. The van der Waals surface area contributed by atoms with Crippen molar-refractivity contribution in [3.63, 3.8) is 0 Å². The molecule has 2 saturated heterocycles. The van der Waals surface area contributed by atoms with E-state index in [9.17, 15) is 0 Å². The molecule has 0 radical (unpaired) electrons. The average molecular weight is 164 g/mol. The molecule has 2 heterocycles. The first-order valence-corrected chi connectivity index (χ1v) is 5.24. The maximum Gasteiger partial charge on any atom is 0.0876 e. The summed E-state index contributed by atoms with van der Waals surface area (Å²) in [6.07, 6.45) is 5.58. The van der Waals surface area contributed by atoms with E-state index in [4.69, 9.17) is 9.47 Å². The Hall–Kier alpha value is -0.0800. The highest BCUT2D eigenvalue weighted by atomic mass is 16.6. The Balaban J connectivity index is 1.66. The van der Waals surface area contributed by atoms with E-state index in [0.717, 1.165) is 23.7 Å². The molecule has 12 heavy (non-hydrogen) atoms. The Morgan fingerprint density at radius 2 is 1.67 bits per heavy atom. The van der Waals surface area contributed by atoms with Crippen molar-refractivity contribution in [3.8, 4) is 0 Å². The third-order valence-corrected chi connectivity index (χ3v) is 4.99. The topological polar surface area (TPSA) is 25.1 Å². The molecule has 0 aromatic heterocycles. The van der Waals surface area contributed by atoms with E-state index in [1.54, 1.807) is 0 Å². The van der Waals surface area contributed by atoms with E-state index in [0.29, 0.717) is 24.4 Å². The fourth-order valence-corrected chi connectivity index (χ4v) is 4.58. The molecule has 2 aliphatic heterocycles. The summed E-state index contributed by atoms with van der Waals surface area (Å²) in [6.45, 7) is 0. The Labute approximate surface area is 71.2 Å². The van der Waals surface area contributed by atoms with Crippen molar-refractivity contribution in [1.82, 2.24) is 0 Å². The van der Waals surface area contributed by atoms with Crippen molar-refractivity contribution < 1.29 is 9.47 Å². The molecular weight excluding hydrogens is 152 g/mol. The van der Waals surface area contributed by atoms with Crippen LogP contribution < -0.4 is 0 Å². The van der Waals surface area contributed by atoms with Crippen LogP contribution in [0.5, 0.6) is 0 Å². The van der Waals surface area contributed by atoms with E-state index < -0.39 is 0 Å². The van der Waals surface area contributed by atoms with Gasteiger partial charge in [0.15, 0.2) is 0 Å². The van der Waals surface area contributed by atoms with E-state index in [1.165, 1.54) is 12.8 Å². The first-order valence-electron chi connectivity index (χ1n) is 5.24. The number of epoxide rings is 2. The van der Waals surface area contributed by atoms with Crippen molar-refractivity contribution in [3.05, 3.63) is 0 Å². The van der Waals surface area contributed by atoms with E-state index >= 15 is 0 Å². The van der Waals surface area contributed by atoms with Crippen LogP contribution in [0.25, 0.3) is 0 Å². The Bertz CT molecular complexity index is 273. The predicted octanol–water partition coefficient (Wildman–Crippen LogP) is 0.807. The number of rotatable bonds is 0. The summed E-state index contributed by atoms with van der Waals surface area (Å²) in [7, 11) is 0. The van der Waals surface area contributed by atoms with Gasteiger partial charge in [-0.05, 0) is 36.5 Å². The van der Waals surface area contributed by atoms with Gasteiger partial charge in [0.25, 0.3) is 0 Å². The highest BCUT2D eigenvalue weighted by molar-refractivity contribution is 5.21. The summed E-state index contributed by atoms with van der Waals surface area (Å²) in [5.41, 5.74) is 0. The Kier molecular flexibility index (Phi) is 0.644. The van der Waals surface area contributed by atoms with Gasteiger partial charge in [-0.25, -0.2) is 0 Å². The van der Waals surface area contributed by atoms with Gasteiger partial charge in [-0.15, -0.1) is 0 Å². The van der Waals surface area contributed by atoms with E-state index in [-0.39, 0.29) is 0 Å². The van der Waals surface area contributed by atoms with Crippen molar-refractivity contribution in [2.45, 2.75) is 37.3 Å². The molecule has 5 aliphatic rings. The lowest BCUT2D eigenvalue weighted by Gasteiger charge is -2.22. The molecule has 2 bridgehead atoms. The summed E-state index contributed by atoms with van der Waals surface area (Å²) in [5.74, 6) is 3.77. The van der Waals surface area contributed by atoms with Crippen molar-refractivity contribution in [2.75, 3.05) is 0 Å². The van der Waals surface area contributed by atoms with Gasteiger partial charge in [0.1, 0.15) is 0 Å². The lowest BCUT2D eigenvalue weighted by Crippen LogP contribution is -2.27. The van der Waals surface area contributed by atoms with Crippen LogP contribution in [0.2, 0.25) is 0 Å². The van der Waals surface area contributed by atoms with Gasteiger partial charge < -0.3 is 9.47 Å². The molecule has 3 saturated carbocycles. The average Bonchev–Trinajstić information content (AvgIpc) is 2.92. The van der Waals surface area contributed by atoms with Crippen LogP contribution in [0.4, 0.5) is 0 Å². The van der Waals surface area contributed by atoms with E-state index in [1.807, 2.05) is 0 Å². The van der Waals surface area contributed by atoms with Crippen LogP contribution in [0.15, 0.2) is 0 Å². The molecular formula is C10H12O2. The van der Waals surface area contributed by atoms with Crippen LogP contribution in [0, 0.1) is 23.7 Å². The number of hydrogen-bond donors (Lipinski definition) is 0. The molecule has 0 aromatic carbocycles. The van der Waals surface area contributed by atoms with Crippen LogP contribution in [-0.2, 0) is 9.47 Å². The molecule has 0 N–H and O–H groups in total. The highest BCUT2D eigenvalue weighted by Gasteiger charge is 2.74. The molecule has 0 amide bonds. The molecule has 5 rings (SSSR count). The van der Waals surface area contributed by atoms with E-state index in [2.05, 4.69) is 0 Å². The Morgan fingerprint density at radius 3 is 2.67 bits per heavy atom. The molecule has 0 aromatic rings. The lowest BCUT2D eigenvalue weighted by molar-refractivity contribution is 0.162. The molecule has 64 valence electrons. The summed E-state index contributed by atoms with van der Waals surface area (Å²) < 4.78 is 11.3. The minimum absolute atomic E-state index is 0.676. The summed E-state index contributed by atoms with van der Waals surface area (Å²) >= 11 is 0. The van der Waals surface area contributed by atoms with Gasteiger partial charge in [-0.3, -0.25) is 0 Å². The zero-order valence-electron chi connectivity index (χ0n) is 6.85. The van der Waals surface area contributed by atoms with Crippen molar-refractivity contribution in [1.29, 1.82) is 0 Å². The number of ether oxygens (including phenoxy) is 2. The van der Waals surface area contributed by atoms with Gasteiger partial charge in [0.05, 0.1) is 24.4 Å². The molecule has 0 spiro atoms. The zero-order valence-corrected chi connectivity index (χ0v) is 6.85. The second-order valence-corrected chi connectivity index (χ2v) is 5.24. The zero-order chi connectivity index (χ0) is 7.45. The third kappa shape index (κ3) is 0.409. The summed E-state index contributed by atoms with van der Waals surface area (Å²) in [5, 5.41) is 0. The number of fused-ring (bicyclic) bond motifs is 10.